The number of aromatic nitrogens is 3. The minimum Gasteiger partial charge on any atom is -0.462 e. The third kappa shape index (κ3) is 1.48. The molecule has 0 atom stereocenters. The third-order valence-corrected chi connectivity index (χ3v) is 3.04. The first-order valence-electron chi connectivity index (χ1n) is 5.77. The molecule has 7 nitrogen and oxygen atoms in total. The monoisotopic (exact) mass is 261 g/mol. The number of carbonyl (C=O) groups is 1. The van der Waals surface area contributed by atoms with E-state index >= 15 is 0 Å². The van der Waals surface area contributed by atoms with Gasteiger partial charge in [-0.05, 0) is 36.3 Å². The topological polar surface area (TPSA) is 90.4 Å². The maximum atomic E-state index is 12.0. The molecule has 2 heterocycles. The van der Waals surface area contributed by atoms with E-state index in [9.17, 15) is 10.0 Å². The van der Waals surface area contributed by atoms with E-state index in [1.165, 1.54) is 0 Å². The Labute approximate surface area is 107 Å². The second kappa shape index (κ2) is 3.98. The van der Waals surface area contributed by atoms with Crippen molar-refractivity contribution >= 4 is 27.9 Å². The Balaban J connectivity index is 2.44. The molecule has 0 aliphatic rings. The summed E-state index contributed by atoms with van der Waals surface area (Å²) in [7, 11) is 0. The molecule has 0 aliphatic heterocycles. The summed E-state index contributed by atoms with van der Waals surface area (Å²) in [5.74, 6) is -0.506. The van der Waals surface area contributed by atoms with E-state index < -0.39 is 5.97 Å². The van der Waals surface area contributed by atoms with Crippen LogP contribution in [0.5, 0.6) is 0 Å². The van der Waals surface area contributed by atoms with Gasteiger partial charge in [-0.15, -0.1) is 0 Å². The largest absolute Gasteiger partial charge is 0.462 e. The van der Waals surface area contributed by atoms with Crippen molar-refractivity contribution in [3.05, 3.63) is 23.4 Å². The van der Waals surface area contributed by atoms with E-state index in [0.29, 0.717) is 27.6 Å². The van der Waals surface area contributed by atoms with E-state index in [0.717, 1.165) is 4.73 Å². The van der Waals surface area contributed by atoms with Gasteiger partial charge in [-0.3, -0.25) is 0 Å². The fourth-order valence-electron chi connectivity index (χ4n) is 2.18. The Morgan fingerprint density at radius 3 is 3.00 bits per heavy atom. The van der Waals surface area contributed by atoms with Gasteiger partial charge in [0, 0.05) is 5.39 Å². The number of carbonyl (C=O) groups excluding carboxylic acids is 1. The Hall–Kier alpha value is -2.57. The van der Waals surface area contributed by atoms with Gasteiger partial charge in [0.1, 0.15) is 11.0 Å². The number of benzene rings is 1. The zero-order chi connectivity index (χ0) is 13.6. The van der Waals surface area contributed by atoms with Gasteiger partial charge in [0.2, 0.25) is 0 Å². The predicted molar refractivity (Wildman–Crippen MR) is 65.2 cm³/mol. The van der Waals surface area contributed by atoms with E-state index in [1.54, 1.807) is 26.0 Å². The standard InChI is InChI=1S/C12H11N3O4/c1-3-18-12(16)9-6(2)15(17)8-5-4-7-11(10(8)9)14-19-13-7/h4-5,17H,3H2,1-2H3. The molecule has 0 saturated heterocycles. The number of hydrogen-bond acceptors (Lipinski definition) is 6. The van der Waals surface area contributed by atoms with Crippen molar-refractivity contribution in [3.8, 4) is 0 Å². The highest BCUT2D eigenvalue weighted by Crippen LogP contribution is 2.30. The molecule has 19 heavy (non-hydrogen) atoms. The van der Waals surface area contributed by atoms with Crippen LogP contribution in [0.1, 0.15) is 23.0 Å². The minimum atomic E-state index is -0.506. The molecule has 0 radical (unpaired) electrons. The van der Waals surface area contributed by atoms with Gasteiger partial charge >= 0.3 is 5.97 Å². The normalized spacial score (nSPS) is 11.3. The number of ether oxygens (including phenoxy) is 1. The van der Waals surface area contributed by atoms with Gasteiger partial charge in [-0.25, -0.2) is 9.42 Å². The lowest BCUT2D eigenvalue weighted by Crippen LogP contribution is -2.06. The molecular weight excluding hydrogens is 250 g/mol. The molecule has 0 bridgehead atoms. The summed E-state index contributed by atoms with van der Waals surface area (Å²) in [6.45, 7) is 3.60. The molecule has 2 aromatic heterocycles. The molecule has 0 fully saturated rings. The van der Waals surface area contributed by atoms with Crippen LogP contribution in [-0.4, -0.2) is 32.8 Å². The molecule has 3 rings (SSSR count). The number of nitrogens with zero attached hydrogens (tertiary/aromatic N) is 3. The van der Waals surface area contributed by atoms with Gasteiger partial charge in [0.05, 0.1) is 23.4 Å². The van der Waals surface area contributed by atoms with Crippen molar-refractivity contribution in [2.75, 3.05) is 6.61 Å². The van der Waals surface area contributed by atoms with Crippen molar-refractivity contribution in [1.29, 1.82) is 0 Å². The van der Waals surface area contributed by atoms with E-state index in [1.807, 2.05) is 0 Å². The first-order chi connectivity index (χ1) is 9.15. The second-order valence-corrected chi connectivity index (χ2v) is 4.08. The lowest BCUT2D eigenvalue weighted by atomic mass is 10.1. The summed E-state index contributed by atoms with van der Waals surface area (Å²) in [6, 6.07) is 3.31. The number of esters is 1. The van der Waals surface area contributed by atoms with Crippen molar-refractivity contribution in [2.24, 2.45) is 0 Å². The molecular formula is C12H11N3O4. The van der Waals surface area contributed by atoms with Crippen LogP contribution in [0, 0.1) is 6.92 Å². The lowest BCUT2D eigenvalue weighted by molar-refractivity contribution is 0.0525. The Morgan fingerprint density at radius 1 is 1.47 bits per heavy atom. The van der Waals surface area contributed by atoms with Crippen LogP contribution >= 0.6 is 0 Å². The van der Waals surface area contributed by atoms with Crippen LogP contribution < -0.4 is 0 Å². The summed E-state index contributed by atoms with van der Waals surface area (Å²) in [5, 5.41) is 18.0. The van der Waals surface area contributed by atoms with Crippen molar-refractivity contribution in [3.63, 3.8) is 0 Å². The fourth-order valence-corrected chi connectivity index (χ4v) is 2.18. The SMILES string of the molecule is CCOC(=O)c1c(C)n(O)c2ccc3nonc3c12. The number of hydrogen-bond donors (Lipinski definition) is 1. The quantitative estimate of drug-likeness (QED) is 0.559. The zero-order valence-electron chi connectivity index (χ0n) is 10.4. The zero-order valence-corrected chi connectivity index (χ0v) is 10.4. The smallest absolute Gasteiger partial charge is 0.340 e. The van der Waals surface area contributed by atoms with Crippen molar-refractivity contribution in [1.82, 2.24) is 15.0 Å². The predicted octanol–water partition coefficient (Wildman–Crippen LogP) is 1.90. The van der Waals surface area contributed by atoms with Crippen LogP contribution in [-0.2, 0) is 4.74 Å². The highest BCUT2D eigenvalue weighted by atomic mass is 16.6. The average Bonchev–Trinajstić information content (AvgIpc) is 2.94. The first-order valence-corrected chi connectivity index (χ1v) is 5.77. The molecule has 3 aromatic rings. The molecule has 0 aliphatic carbocycles. The number of fused-ring (bicyclic) bond motifs is 3. The third-order valence-electron chi connectivity index (χ3n) is 3.04. The fraction of sp³-hybridized carbons (Fsp3) is 0.250. The van der Waals surface area contributed by atoms with Gasteiger partial charge < -0.3 is 9.94 Å². The lowest BCUT2D eigenvalue weighted by Gasteiger charge is -2.01. The van der Waals surface area contributed by atoms with Gasteiger partial charge in [-0.2, -0.15) is 4.73 Å². The van der Waals surface area contributed by atoms with E-state index in [4.69, 9.17) is 4.74 Å². The maximum absolute atomic E-state index is 12.0. The van der Waals surface area contributed by atoms with Crippen molar-refractivity contribution < 1.29 is 19.4 Å². The highest BCUT2D eigenvalue weighted by molar-refractivity contribution is 6.15. The highest BCUT2D eigenvalue weighted by Gasteiger charge is 2.24. The number of rotatable bonds is 2. The van der Waals surface area contributed by atoms with Gasteiger partial charge in [0.15, 0.2) is 0 Å². The summed E-state index contributed by atoms with van der Waals surface area (Å²) in [6.07, 6.45) is 0. The molecule has 0 unspecified atom stereocenters. The molecule has 7 heteroatoms. The van der Waals surface area contributed by atoms with Crippen LogP contribution in [0.3, 0.4) is 0 Å². The molecule has 0 spiro atoms. The summed E-state index contributed by atoms with van der Waals surface area (Å²) >= 11 is 0. The maximum Gasteiger partial charge on any atom is 0.340 e. The summed E-state index contributed by atoms with van der Waals surface area (Å²) in [4.78, 5) is 12.0. The average molecular weight is 261 g/mol. The first kappa shape index (κ1) is 11.5. The molecule has 0 saturated carbocycles. The van der Waals surface area contributed by atoms with Crippen LogP contribution in [0.25, 0.3) is 21.9 Å². The summed E-state index contributed by atoms with van der Waals surface area (Å²) in [5.41, 5.74) is 2.08. The van der Waals surface area contributed by atoms with Crippen LogP contribution in [0.15, 0.2) is 16.8 Å². The van der Waals surface area contributed by atoms with Crippen molar-refractivity contribution in [2.45, 2.75) is 13.8 Å². The molecule has 1 aromatic carbocycles. The van der Waals surface area contributed by atoms with E-state index in [-0.39, 0.29) is 12.2 Å². The summed E-state index contributed by atoms with van der Waals surface area (Å²) < 4.78 is 10.6. The van der Waals surface area contributed by atoms with Crippen LogP contribution in [0.2, 0.25) is 0 Å². The van der Waals surface area contributed by atoms with E-state index in [2.05, 4.69) is 14.9 Å². The molecule has 0 amide bonds. The molecule has 1 N–H and O–H groups in total. The Morgan fingerprint density at radius 2 is 2.26 bits per heavy atom. The van der Waals surface area contributed by atoms with Gasteiger partial charge in [0.25, 0.3) is 0 Å². The Bertz CT molecular complexity index is 787. The van der Waals surface area contributed by atoms with Gasteiger partial charge in [-0.1, -0.05) is 0 Å². The van der Waals surface area contributed by atoms with Crippen LogP contribution in [0.4, 0.5) is 0 Å². The minimum absolute atomic E-state index is 0.253. The molecule has 98 valence electrons. The Kier molecular flexibility index (Phi) is 2.41. The second-order valence-electron chi connectivity index (χ2n) is 4.08.